The Hall–Kier alpha value is -2.38. The van der Waals surface area contributed by atoms with Crippen LogP contribution in [0.15, 0.2) is 34.8 Å². The summed E-state index contributed by atoms with van der Waals surface area (Å²) in [6.45, 7) is 7.70. The van der Waals surface area contributed by atoms with Gasteiger partial charge in [-0.15, -0.1) is 0 Å². The molecule has 6 nitrogen and oxygen atoms in total. The van der Waals surface area contributed by atoms with E-state index in [2.05, 4.69) is 15.9 Å². The molecule has 1 aliphatic heterocycles. The number of aliphatic hydroxyl groups is 1. The highest BCUT2D eigenvalue weighted by molar-refractivity contribution is 9.10. The third-order valence-corrected chi connectivity index (χ3v) is 5.86. The molecule has 1 aliphatic rings. The number of aliphatic hydroxyl groups excluding tert-OH is 1. The second-order valence-corrected chi connectivity index (χ2v) is 8.08. The van der Waals surface area contributed by atoms with Gasteiger partial charge in [-0.3, -0.25) is 9.69 Å². The number of hydrogen-bond acceptors (Lipinski definition) is 4. The monoisotopic (exact) mass is 460 g/mol. The number of fused-ring (bicyclic) bond motifs is 1. The van der Waals surface area contributed by atoms with Crippen LogP contribution in [-0.2, 0) is 4.74 Å². The van der Waals surface area contributed by atoms with Crippen molar-refractivity contribution in [1.82, 2.24) is 0 Å². The van der Waals surface area contributed by atoms with Crippen LogP contribution >= 0.6 is 15.9 Å². The fourth-order valence-electron chi connectivity index (χ4n) is 3.50. The summed E-state index contributed by atoms with van der Waals surface area (Å²) in [6, 6.07) is 8.79. The fourth-order valence-corrected chi connectivity index (χ4v) is 3.92. The molecule has 0 radical (unpaired) electrons. The van der Waals surface area contributed by atoms with Crippen molar-refractivity contribution in [2.45, 2.75) is 33.7 Å². The second kappa shape index (κ2) is 8.55. The zero-order valence-corrected chi connectivity index (χ0v) is 18.6. The van der Waals surface area contributed by atoms with E-state index < -0.39 is 12.1 Å². The van der Waals surface area contributed by atoms with Gasteiger partial charge in [-0.2, -0.15) is 0 Å². The minimum Gasteiger partial charge on any atom is -0.449 e. The first-order valence-corrected chi connectivity index (χ1v) is 10.3. The van der Waals surface area contributed by atoms with Crippen molar-refractivity contribution in [3.63, 3.8) is 0 Å². The molecule has 0 fully saturated rings. The second-order valence-electron chi connectivity index (χ2n) is 7.23. The van der Waals surface area contributed by atoms with Crippen molar-refractivity contribution in [2.75, 3.05) is 29.6 Å². The van der Waals surface area contributed by atoms with E-state index in [-0.39, 0.29) is 25.7 Å². The van der Waals surface area contributed by atoms with E-state index in [0.29, 0.717) is 21.4 Å². The van der Waals surface area contributed by atoms with Crippen molar-refractivity contribution >= 4 is 39.3 Å². The quantitative estimate of drug-likeness (QED) is 0.738. The molecule has 1 atom stereocenters. The van der Waals surface area contributed by atoms with Crippen LogP contribution in [0.4, 0.5) is 16.2 Å². The van der Waals surface area contributed by atoms with E-state index >= 15 is 0 Å². The minimum absolute atomic E-state index is 0.171. The molecule has 2 aromatic rings. The Bertz CT molecular complexity index is 960. The summed E-state index contributed by atoms with van der Waals surface area (Å²) in [6.07, 6.45) is -0.528. The maximum absolute atomic E-state index is 13.5. The van der Waals surface area contributed by atoms with Crippen molar-refractivity contribution in [1.29, 1.82) is 0 Å². The predicted molar refractivity (Wildman–Crippen MR) is 117 cm³/mol. The molecule has 0 saturated heterocycles. The van der Waals surface area contributed by atoms with E-state index in [9.17, 15) is 14.7 Å². The lowest BCUT2D eigenvalue weighted by molar-refractivity contribution is 0.0977. The molecular formula is C22H25BrN2O4. The lowest BCUT2D eigenvalue weighted by Crippen LogP contribution is -2.55. The van der Waals surface area contributed by atoms with Gasteiger partial charge in [-0.25, -0.2) is 4.79 Å². The summed E-state index contributed by atoms with van der Waals surface area (Å²) in [4.78, 5) is 29.2. The Balaban J connectivity index is 2.15. The Morgan fingerprint density at radius 3 is 2.41 bits per heavy atom. The Kier molecular flexibility index (Phi) is 6.29. The summed E-state index contributed by atoms with van der Waals surface area (Å²) < 4.78 is 5.92. The first-order valence-electron chi connectivity index (χ1n) is 9.54. The number of benzene rings is 2. The van der Waals surface area contributed by atoms with Crippen LogP contribution < -0.4 is 9.80 Å². The highest BCUT2D eigenvalue weighted by Gasteiger charge is 2.38. The number of carbonyl (C=O) groups excluding carboxylic acids is 2. The molecule has 29 heavy (non-hydrogen) atoms. The molecule has 0 bridgehead atoms. The Morgan fingerprint density at radius 2 is 1.79 bits per heavy atom. The number of ether oxygens (including phenoxy) is 1. The average Bonchev–Trinajstić information content (AvgIpc) is 2.69. The van der Waals surface area contributed by atoms with E-state index in [1.54, 1.807) is 11.8 Å². The maximum Gasteiger partial charge on any atom is 0.414 e. The lowest BCUT2D eigenvalue weighted by atomic mass is 10.0. The SMILES string of the molecule is CCOC(=O)N1c2cc(C)c(C)cc2N(C(=O)c2cc(C)ccc2Br)CC1CO. The van der Waals surface area contributed by atoms with E-state index in [0.717, 1.165) is 16.7 Å². The third-order valence-electron chi connectivity index (χ3n) is 5.17. The number of rotatable bonds is 3. The molecule has 0 spiro atoms. The van der Waals surface area contributed by atoms with E-state index in [4.69, 9.17) is 4.74 Å². The average molecular weight is 461 g/mol. The number of hydrogen-bond donors (Lipinski definition) is 1. The number of anilines is 2. The molecule has 154 valence electrons. The van der Waals surface area contributed by atoms with Crippen LogP contribution in [0.3, 0.4) is 0 Å². The van der Waals surface area contributed by atoms with Gasteiger partial charge in [0.2, 0.25) is 0 Å². The minimum atomic E-state index is -0.601. The molecule has 1 N–H and O–H groups in total. The number of aryl methyl sites for hydroxylation is 3. The zero-order chi connectivity index (χ0) is 21.3. The fraction of sp³-hybridized carbons (Fsp3) is 0.364. The molecule has 3 rings (SSSR count). The van der Waals surface area contributed by atoms with Gasteiger partial charge in [0.25, 0.3) is 5.91 Å². The van der Waals surface area contributed by atoms with Gasteiger partial charge in [0.15, 0.2) is 0 Å². The number of nitrogens with zero attached hydrogens (tertiary/aromatic N) is 2. The summed E-state index contributed by atoms with van der Waals surface area (Å²) in [5.74, 6) is -0.188. The van der Waals surface area contributed by atoms with Crippen LogP contribution in [0.2, 0.25) is 0 Å². The first kappa shape index (κ1) is 21.3. The van der Waals surface area contributed by atoms with Gasteiger partial charge < -0.3 is 14.7 Å². The molecular weight excluding hydrogens is 436 g/mol. The highest BCUT2D eigenvalue weighted by atomic mass is 79.9. The van der Waals surface area contributed by atoms with E-state index in [1.807, 2.05) is 51.1 Å². The van der Waals surface area contributed by atoms with Crippen LogP contribution in [0, 0.1) is 20.8 Å². The standard InChI is InChI=1S/C22H25BrN2O4/c1-5-29-22(28)25-16(12-26)11-24(19-9-14(3)15(4)10-20(19)25)21(27)17-8-13(2)6-7-18(17)23/h6-10,16,26H,5,11-12H2,1-4H3. The van der Waals surface area contributed by atoms with Gasteiger partial charge in [-0.05, 0) is 79.0 Å². The van der Waals surface area contributed by atoms with Gasteiger partial charge in [-0.1, -0.05) is 11.6 Å². The largest absolute Gasteiger partial charge is 0.449 e. The topological polar surface area (TPSA) is 70.1 Å². The van der Waals surface area contributed by atoms with Gasteiger partial charge in [0.05, 0.1) is 36.2 Å². The lowest BCUT2D eigenvalue weighted by Gasteiger charge is -2.41. The number of halogens is 1. The van der Waals surface area contributed by atoms with Gasteiger partial charge in [0, 0.05) is 11.0 Å². The van der Waals surface area contributed by atoms with Crippen LogP contribution in [0.1, 0.15) is 34.0 Å². The maximum atomic E-state index is 13.5. The summed E-state index contributed by atoms with van der Waals surface area (Å²) in [7, 11) is 0. The Morgan fingerprint density at radius 1 is 1.14 bits per heavy atom. The summed E-state index contributed by atoms with van der Waals surface area (Å²) >= 11 is 3.47. The zero-order valence-electron chi connectivity index (χ0n) is 17.0. The summed E-state index contributed by atoms with van der Waals surface area (Å²) in [5.41, 5.74) is 4.70. The number of amides is 2. The van der Waals surface area contributed by atoms with Crippen molar-refractivity contribution in [2.24, 2.45) is 0 Å². The first-order chi connectivity index (χ1) is 13.8. The van der Waals surface area contributed by atoms with Crippen LogP contribution in [0.25, 0.3) is 0 Å². The highest BCUT2D eigenvalue weighted by Crippen LogP contribution is 2.39. The molecule has 0 aromatic heterocycles. The molecule has 7 heteroatoms. The molecule has 2 aromatic carbocycles. The van der Waals surface area contributed by atoms with Gasteiger partial charge >= 0.3 is 6.09 Å². The predicted octanol–water partition coefficient (Wildman–Crippen LogP) is 4.36. The van der Waals surface area contributed by atoms with Gasteiger partial charge in [0.1, 0.15) is 0 Å². The smallest absolute Gasteiger partial charge is 0.414 e. The van der Waals surface area contributed by atoms with Crippen molar-refractivity contribution < 1.29 is 19.4 Å². The molecule has 1 unspecified atom stereocenters. The van der Waals surface area contributed by atoms with Crippen LogP contribution in [-0.4, -0.2) is 42.9 Å². The normalized spacial score (nSPS) is 15.9. The molecule has 2 amide bonds. The number of carbonyl (C=O) groups is 2. The molecule has 0 saturated carbocycles. The van der Waals surface area contributed by atoms with Crippen molar-refractivity contribution in [3.8, 4) is 0 Å². The third kappa shape index (κ3) is 4.02. The van der Waals surface area contributed by atoms with E-state index in [1.165, 1.54) is 4.90 Å². The summed E-state index contributed by atoms with van der Waals surface area (Å²) in [5, 5.41) is 10.0. The Labute approximate surface area is 179 Å². The van der Waals surface area contributed by atoms with Crippen molar-refractivity contribution in [3.05, 3.63) is 57.1 Å². The van der Waals surface area contributed by atoms with Crippen LogP contribution in [0.5, 0.6) is 0 Å². The molecule has 0 aliphatic carbocycles. The molecule has 1 heterocycles.